The molecule has 3 nitrogen and oxygen atoms in total. The molecule has 1 unspecified atom stereocenters. The normalized spacial score (nSPS) is 19.0. The van der Waals surface area contributed by atoms with E-state index < -0.39 is 0 Å². The number of anilines is 1. The molecule has 1 N–H and O–H groups in total. The van der Waals surface area contributed by atoms with E-state index in [0.717, 1.165) is 36.0 Å². The van der Waals surface area contributed by atoms with Crippen molar-refractivity contribution in [1.29, 1.82) is 0 Å². The van der Waals surface area contributed by atoms with Gasteiger partial charge in [0.2, 0.25) is 0 Å². The summed E-state index contributed by atoms with van der Waals surface area (Å²) in [6.07, 6.45) is 4.33. The number of hydrogen-bond donors (Lipinski definition) is 1. The molecule has 0 aliphatic carbocycles. The van der Waals surface area contributed by atoms with Crippen LogP contribution in [0.2, 0.25) is 5.02 Å². The fourth-order valence-electron chi connectivity index (χ4n) is 3.03. The molecule has 2 rings (SSSR count). The van der Waals surface area contributed by atoms with E-state index in [-0.39, 0.29) is 0 Å². The van der Waals surface area contributed by atoms with E-state index >= 15 is 0 Å². The van der Waals surface area contributed by atoms with E-state index in [4.69, 9.17) is 11.6 Å². The minimum absolute atomic E-state index is 0.607. The van der Waals surface area contributed by atoms with Crippen LogP contribution in [0.3, 0.4) is 0 Å². The van der Waals surface area contributed by atoms with E-state index in [2.05, 4.69) is 49.0 Å². The molecule has 0 bridgehead atoms. The molecule has 4 heteroatoms. The molecular weight excluding hydrogens is 282 g/mol. The molecule has 1 aliphatic heterocycles. The number of nitrogens with one attached hydrogen (secondary N) is 1. The van der Waals surface area contributed by atoms with Gasteiger partial charge in [0, 0.05) is 25.3 Å². The highest BCUT2D eigenvalue weighted by molar-refractivity contribution is 6.31. The van der Waals surface area contributed by atoms with Gasteiger partial charge in [0.1, 0.15) is 5.82 Å². The minimum Gasteiger partial charge on any atom is -0.353 e. The van der Waals surface area contributed by atoms with Crippen LogP contribution in [-0.4, -0.2) is 24.1 Å². The maximum atomic E-state index is 6.30. The second-order valence-electron chi connectivity index (χ2n) is 6.81. The Morgan fingerprint density at radius 2 is 2.14 bits per heavy atom. The SMILES string of the molecule is CC(C)CNCc1cc(N2CCCC2C(C)C)ncc1Cl. The molecule has 1 aliphatic rings. The molecule has 118 valence electrons. The fourth-order valence-corrected chi connectivity index (χ4v) is 3.20. The summed E-state index contributed by atoms with van der Waals surface area (Å²) in [6, 6.07) is 2.77. The Balaban J connectivity index is 2.10. The van der Waals surface area contributed by atoms with E-state index in [1.807, 2.05) is 0 Å². The van der Waals surface area contributed by atoms with Crippen LogP contribution < -0.4 is 10.2 Å². The summed E-state index contributed by atoms with van der Waals surface area (Å²) in [5.74, 6) is 2.39. The molecule has 1 atom stereocenters. The summed E-state index contributed by atoms with van der Waals surface area (Å²) in [4.78, 5) is 7.01. The average Bonchev–Trinajstić information content (AvgIpc) is 2.90. The molecule has 1 aromatic heterocycles. The van der Waals surface area contributed by atoms with Crippen LogP contribution in [0.5, 0.6) is 0 Å². The Bertz CT molecular complexity index is 459. The molecule has 2 heterocycles. The van der Waals surface area contributed by atoms with Crippen LogP contribution in [0.4, 0.5) is 5.82 Å². The summed E-state index contributed by atoms with van der Waals surface area (Å²) in [5.41, 5.74) is 1.15. The zero-order valence-corrected chi connectivity index (χ0v) is 14.5. The Hall–Kier alpha value is -0.800. The van der Waals surface area contributed by atoms with Gasteiger partial charge in [0.25, 0.3) is 0 Å². The fraction of sp³-hybridized carbons (Fsp3) is 0.706. The van der Waals surface area contributed by atoms with E-state index in [0.29, 0.717) is 17.9 Å². The second-order valence-corrected chi connectivity index (χ2v) is 7.21. The van der Waals surface area contributed by atoms with Gasteiger partial charge in [0.15, 0.2) is 0 Å². The summed E-state index contributed by atoms with van der Waals surface area (Å²) < 4.78 is 0. The van der Waals surface area contributed by atoms with Gasteiger partial charge in [-0.25, -0.2) is 4.98 Å². The van der Waals surface area contributed by atoms with Gasteiger partial charge in [-0.15, -0.1) is 0 Å². The van der Waals surface area contributed by atoms with Gasteiger partial charge in [0.05, 0.1) is 5.02 Å². The molecule has 0 radical (unpaired) electrons. The highest BCUT2D eigenvalue weighted by atomic mass is 35.5. The van der Waals surface area contributed by atoms with E-state index in [1.165, 1.54) is 12.8 Å². The van der Waals surface area contributed by atoms with Crippen molar-refractivity contribution in [1.82, 2.24) is 10.3 Å². The first-order valence-electron chi connectivity index (χ1n) is 8.10. The van der Waals surface area contributed by atoms with Gasteiger partial charge in [-0.3, -0.25) is 0 Å². The number of rotatable bonds is 6. The van der Waals surface area contributed by atoms with Gasteiger partial charge in [-0.1, -0.05) is 39.3 Å². The number of nitrogens with zero attached hydrogens (tertiary/aromatic N) is 2. The Morgan fingerprint density at radius 3 is 2.81 bits per heavy atom. The van der Waals surface area contributed by atoms with Gasteiger partial charge >= 0.3 is 0 Å². The van der Waals surface area contributed by atoms with Crippen LogP contribution in [0.1, 0.15) is 46.1 Å². The summed E-state index contributed by atoms with van der Waals surface area (Å²) >= 11 is 6.30. The third kappa shape index (κ3) is 4.33. The van der Waals surface area contributed by atoms with Crippen molar-refractivity contribution in [2.45, 2.75) is 53.1 Å². The molecule has 0 aromatic carbocycles. The summed E-state index contributed by atoms with van der Waals surface area (Å²) in [7, 11) is 0. The lowest BCUT2D eigenvalue weighted by molar-refractivity contribution is 0.489. The number of aromatic nitrogens is 1. The van der Waals surface area contributed by atoms with Gasteiger partial charge < -0.3 is 10.2 Å². The number of pyridine rings is 1. The number of halogens is 1. The van der Waals surface area contributed by atoms with Crippen molar-refractivity contribution >= 4 is 17.4 Å². The molecule has 0 amide bonds. The van der Waals surface area contributed by atoms with Crippen LogP contribution >= 0.6 is 11.6 Å². The second kappa shape index (κ2) is 7.46. The van der Waals surface area contributed by atoms with Crippen molar-refractivity contribution in [3.8, 4) is 0 Å². The Labute approximate surface area is 134 Å². The molecule has 1 aromatic rings. The van der Waals surface area contributed by atoms with Gasteiger partial charge in [-0.05, 0) is 42.9 Å². The quantitative estimate of drug-likeness (QED) is 0.857. The summed E-state index contributed by atoms with van der Waals surface area (Å²) in [6.45, 7) is 11.9. The minimum atomic E-state index is 0.607. The first kappa shape index (κ1) is 16.6. The van der Waals surface area contributed by atoms with Crippen molar-refractivity contribution in [2.75, 3.05) is 18.0 Å². The zero-order valence-electron chi connectivity index (χ0n) is 13.7. The number of hydrogen-bond acceptors (Lipinski definition) is 3. The van der Waals surface area contributed by atoms with Crippen molar-refractivity contribution in [3.05, 3.63) is 22.8 Å². The van der Waals surface area contributed by atoms with Crippen molar-refractivity contribution in [3.63, 3.8) is 0 Å². The topological polar surface area (TPSA) is 28.2 Å². The molecule has 21 heavy (non-hydrogen) atoms. The summed E-state index contributed by atoms with van der Waals surface area (Å²) in [5, 5.41) is 4.22. The first-order chi connectivity index (χ1) is 9.99. The lowest BCUT2D eigenvalue weighted by Crippen LogP contribution is -2.34. The molecule has 1 fully saturated rings. The van der Waals surface area contributed by atoms with E-state index in [9.17, 15) is 0 Å². The first-order valence-corrected chi connectivity index (χ1v) is 8.48. The molecule has 0 spiro atoms. The maximum absolute atomic E-state index is 6.30. The van der Waals surface area contributed by atoms with Crippen molar-refractivity contribution in [2.24, 2.45) is 11.8 Å². The highest BCUT2D eigenvalue weighted by Gasteiger charge is 2.28. The maximum Gasteiger partial charge on any atom is 0.129 e. The predicted octanol–water partition coefficient (Wildman–Crippen LogP) is 4.11. The molecule has 0 saturated carbocycles. The van der Waals surface area contributed by atoms with Crippen LogP contribution in [-0.2, 0) is 6.54 Å². The Kier molecular flexibility index (Phi) is 5.88. The average molecular weight is 310 g/mol. The predicted molar refractivity (Wildman–Crippen MR) is 91.0 cm³/mol. The van der Waals surface area contributed by atoms with Crippen LogP contribution in [0, 0.1) is 11.8 Å². The smallest absolute Gasteiger partial charge is 0.129 e. The third-order valence-electron chi connectivity index (χ3n) is 4.15. The lowest BCUT2D eigenvalue weighted by atomic mass is 10.0. The van der Waals surface area contributed by atoms with Gasteiger partial charge in [-0.2, -0.15) is 0 Å². The van der Waals surface area contributed by atoms with Crippen molar-refractivity contribution < 1.29 is 0 Å². The molecular formula is C17H28ClN3. The van der Waals surface area contributed by atoms with E-state index in [1.54, 1.807) is 6.20 Å². The standard InChI is InChI=1S/C17H28ClN3/c1-12(2)9-19-10-14-8-17(20-11-15(14)18)21-7-5-6-16(21)13(3)4/h8,11-13,16,19H,5-7,9-10H2,1-4H3. The highest BCUT2D eigenvalue weighted by Crippen LogP contribution is 2.30. The molecule has 1 saturated heterocycles. The van der Waals surface area contributed by atoms with Crippen LogP contribution in [0.15, 0.2) is 12.3 Å². The Morgan fingerprint density at radius 1 is 1.38 bits per heavy atom. The third-order valence-corrected chi connectivity index (χ3v) is 4.49. The monoisotopic (exact) mass is 309 g/mol. The lowest BCUT2D eigenvalue weighted by Gasteiger charge is -2.29. The van der Waals surface area contributed by atoms with Crippen LogP contribution in [0.25, 0.3) is 0 Å². The zero-order chi connectivity index (χ0) is 15.4. The largest absolute Gasteiger partial charge is 0.353 e.